The van der Waals surface area contributed by atoms with Crippen LogP contribution in [-0.2, 0) is 11.3 Å². The summed E-state index contributed by atoms with van der Waals surface area (Å²) in [5.41, 5.74) is 1.18. The zero-order valence-electron chi connectivity index (χ0n) is 9.55. The lowest BCUT2D eigenvalue weighted by molar-refractivity contribution is -0.186. The Balaban J connectivity index is 2.62. The molecule has 7 heteroatoms. The third kappa shape index (κ3) is 4.83. The predicted octanol–water partition coefficient (Wildman–Crippen LogP) is 3.17. The number of rotatable bonds is 5. The van der Waals surface area contributed by atoms with Crippen molar-refractivity contribution in [2.45, 2.75) is 19.7 Å². The van der Waals surface area contributed by atoms with Gasteiger partial charge in [-0.15, -0.1) is 0 Å². The van der Waals surface area contributed by atoms with Crippen molar-refractivity contribution in [1.29, 1.82) is 0 Å². The Morgan fingerprint density at radius 3 is 2.56 bits per heavy atom. The molecule has 0 aliphatic carbocycles. The minimum Gasteiger partial charge on any atom is -0.467 e. The maximum Gasteiger partial charge on any atom is 0.411 e. The van der Waals surface area contributed by atoms with Crippen molar-refractivity contribution in [3.8, 4) is 5.75 Å². The fourth-order valence-electron chi connectivity index (χ4n) is 1.38. The lowest BCUT2D eigenvalue weighted by atomic mass is 10.1. The summed E-state index contributed by atoms with van der Waals surface area (Å²) in [5, 5.41) is 9.13. The summed E-state index contributed by atoms with van der Waals surface area (Å²) in [7, 11) is 0. The molecule has 0 amide bonds. The Morgan fingerprint density at radius 2 is 2.00 bits per heavy atom. The Labute approximate surface area is 111 Å². The molecule has 0 radical (unpaired) electrons. The standard InChI is InChI=1S/C11H12BrF3O3/c1-7-2-9(12)3-8(4-16)10(7)18-6-17-5-11(13,14)15/h2-3,16H,4-6H2,1H3. The van der Waals surface area contributed by atoms with E-state index >= 15 is 0 Å². The van der Waals surface area contributed by atoms with Gasteiger partial charge in [-0.05, 0) is 24.6 Å². The summed E-state index contributed by atoms with van der Waals surface area (Å²) >= 11 is 3.25. The van der Waals surface area contributed by atoms with E-state index in [0.29, 0.717) is 16.9 Å². The molecule has 0 saturated heterocycles. The van der Waals surface area contributed by atoms with E-state index in [4.69, 9.17) is 9.84 Å². The number of hydrogen-bond acceptors (Lipinski definition) is 3. The average molecular weight is 329 g/mol. The average Bonchev–Trinajstić information content (AvgIpc) is 2.24. The van der Waals surface area contributed by atoms with E-state index in [0.717, 1.165) is 4.47 Å². The van der Waals surface area contributed by atoms with Gasteiger partial charge in [0.2, 0.25) is 0 Å². The molecule has 0 bridgehead atoms. The molecule has 0 unspecified atom stereocenters. The van der Waals surface area contributed by atoms with Crippen LogP contribution in [0, 0.1) is 6.92 Å². The van der Waals surface area contributed by atoms with Crippen molar-refractivity contribution in [3.63, 3.8) is 0 Å². The SMILES string of the molecule is Cc1cc(Br)cc(CO)c1OCOCC(F)(F)F. The second-order valence-corrected chi connectivity index (χ2v) is 4.51. The zero-order chi connectivity index (χ0) is 13.8. The minimum absolute atomic E-state index is 0.269. The predicted molar refractivity (Wildman–Crippen MR) is 62.3 cm³/mol. The highest BCUT2D eigenvalue weighted by Crippen LogP contribution is 2.28. The van der Waals surface area contributed by atoms with Crippen molar-refractivity contribution < 1.29 is 27.8 Å². The fraction of sp³-hybridized carbons (Fsp3) is 0.455. The molecule has 0 heterocycles. The van der Waals surface area contributed by atoms with Crippen molar-refractivity contribution in [2.75, 3.05) is 13.4 Å². The third-order valence-electron chi connectivity index (χ3n) is 2.04. The third-order valence-corrected chi connectivity index (χ3v) is 2.50. The van der Waals surface area contributed by atoms with Gasteiger partial charge in [0.25, 0.3) is 0 Å². The summed E-state index contributed by atoms with van der Waals surface area (Å²) in [6.07, 6.45) is -4.38. The van der Waals surface area contributed by atoms with Gasteiger partial charge in [0.1, 0.15) is 12.4 Å². The van der Waals surface area contributed by atoms with Gasteiger partial charge in [-0.1, -0.05) is 15.9 Å². The highest BCUT2D eigenvalue weighted by Gasteiger charge is 2.27. The topological polar surface area (TPSA) is 38.7 Å². The highest BCUT2D eigenvalue weighted by molar-refractivity contribution is 9.10. The van der Waals surface area contributed by atoms with E-state index in [2.05, 4.69) is 20.7 Å². The smallest absolute Gasteiger partial charge is 0.411 e. The molecule has 3 nitrogen and oxygen atoms in total. The molecule has 0 spiro atoms. The van der Waals surface area contributed by atoms with Crippen LogP contribution in [-0.4, -0.2) is 24.7 Å². The molecular weight excluding hydrogens is 317 g/mol. The quantitative estimate of drug-likeness (QED) is 0.666. The first-order valence-electron chi connectivity index (χ1n) is 5.00. The van der Waals surface area contributed by atoms with E-state index < -0.39 is 19.6 Å². The molecule has 1 rings (SSSR count). The lowest BCUT2D eigenvalue weighted by Crippen LogP contribution is -2.19. The van der Waals surface area contributed by atoms with Crippen LogP contribution >= 0.6 is 15.9 Å². The first-order valence-corrected chi connectivity index (χ1v) is 5.80. The Kier molecular flexibility index (Phi) is 5.43. The Morgan fingerprint density at radius 1 is 1.33 bits per heavy atom. The summed E-state index contributed by atoms with van der Waals surface area (Å²) in [4.78, 5) is 0. The normalized spacial score (nSPS) is 11.7. The van der Waals surface area contributed by atoms with Gasteiger partial charge in [-0.3, -0.25) is 0 Å². The molecule has 0 aromatic heterocycles. The van der Waals surface area contributed by atoms with Gasteiger partial charge in [0.15, 0.2) is 6.79 Å². The molecule has 1 N–H and O–H groups in total. The summed E-state index contributed by atoms with van der Waals surface area (Å²) in [5.74, 6) is 0.336. The molecule has 0 aliphatic rings. The molecule has 0 aliphatic heterocycles. The largest absolute Gasteiger partial charge is 0.467 e. The number of hydrogen-bond donors (Lipinski definition) is 1. The molecular formula is C11H12BrF3O3. The molecule has 102 valence electrons. The summed E-state index contributed by atoms with van der Waals surface area (Å²) < 4.78 is 45.7. The summed E-state index contributed by atoms with van der Waals surface area (Å²) in [6, 6.07) is 3.37. The highest BCUT2D eigenvalue weighted by atomic mass is 79.9. The van der Waals surface area contributed by atoms with Crippen LogP contribution in [0.2, 0.25) is 0 Å². The lowest BCUT2D eigenvalue weighted by Gasteiger charge is -2.14. The van der Waals surface area contributed by atoms with Crippen LogP contribution in [0.5, 0.6) is 5.75 Å². The van der Waals surface area contributed by atoms with Crippen LogP contribution in [0.3, 0.4) is 0 Å². The van der Waals surface area contributed by atoms with Gasteiger partial charge >= 0.3 is 6.18 Å². The Bertz CT molecular complexity index is 407. The van der Waals surface area contributed by atoms with Crippen molar-refractivity contribution in [1.82, 2.24) is 0 Å². The van der Waals surface area contributed by atoms with E-state index in [-0.39, 0.29) is 6.61 Å². The first kappa shape index (κ1) is 15.3. The second-order valence-electron chi connectivity index (χ2n) is 3.59. The molecule has 1 aromatic carbocycles. The maximum absolute atomic E-state index is 11.8. The number of benzene rings is 1. The van der Waals surface area contributed by atoms with Crippen LogP contribution in [0.25, 0.3) is 0 Å². The van der Waals surface area contributed by atoms with Crippen molar-refractivity contribution >= 4 is 15.9 Å². The van der Waals surface area contributed by atoms with Crippen LogP contribution in [0.15, 0.2) is 16.6 Å². The second kappa shape index (κ2) is 6.40. The number of alkyl halides is 3. The monoisotopic (exact) mass is 328 g/mol. The van der Waals surface area contributed by atoms with Gasteiger partial charge in [-0.2, -0.15) is 13.2 Å². The molecule has 1 aromatic rings. The molecule has 18 heavy (non-hydrogen) atoms. The fourth-order valence-corrected chi connectivity index (χ4v) is 2.00. The first-order chi connectivity index (χ1) is 8.33. The van der Waals surface area contributed by atoms with Crippen LogP contribution in [0.1, 0.15) is 11.1 Å². The van der Waals surface area contributed by atoms with Crippen molar-refractivity contribution in [2.24, 2.45) is 0 Å². The van der Waals surface area contributed by atoms with Crippen molar-refractivity contribution in [3.05, 3.63) is 27.7 Å². The number of halogens is 4. The van der Waals surface area contributed by atoms with Gasteiger partial charge in [0, 0.05) is 10.0 Å². The number of ether oxygens (including phenoxy) is 2. The summed E-state index contributed by atoms with van der Waals surface area (Å²) in [6.45, 7) is -0.427. The molecule has 0 fully saturated rings. The van der Waals surface area contributed by atoms with Crippen LogP contribution in [0.4, 0.5) is 13.2 Å². The van der Waals surface area contributed by atoms with E-state index in [1.807, 2.05) is 0 Å². The number of aryl methyl sites for hydroxylation is 1. The van der Waals surface area contributed by atoms with Gasteiger partial charge in [0.05, 0.1) is 6.61 Å². The van der Waals surface area contributed by atoms with E-state index in [1.54, 1.807) is 19.1 Å². The molecule has 0 saturated carbocycles. The van der Waals surface area contributed by atoms with E-state index in [9.17, 15) is 13.2 Å². The van der Waals surface area contributed by atoms with Gasteiger partial charge in [-0.25, -0.2) is 0 Å². The minimum atomic E-state index is -4.38. The number of aliphatic hydroxyl groups is 1. The number of aliphatic hydroxyl groups excluding tert-OH is 1. The molecule has 0 atom stereocenters. The van der Waals surface area contributed by atoms with E-state index in [1.165, 1.54) is 0 Å². The zero-order valence-corrected chi connectivity index (χ0v) is 11.1. The Hall–Kier alpha value is -0.790. The van der Waals surface area contributed by atoms with Gasteiger partial charge < -0.3 is 14.6 Å². The van der Waals surface area contributed by atoms with Crippen LogP contribution < -0.4 is 4.74 Å². The maximum atomic E-state index is 11.8.